The van der Waals surface area contributed by atoms with Gasteiger partial charge in [-0.1, -0.05) is 35.5 Å². The first-order valence-corrected chi connectivity index (χ1v) is 5.75. The topological polar surface area (TPSA) is 67.2 Å². The molecule has 2 aromatic rings. The van der Waals surface area contributed by atoms with Crippen LogP contribution in [-0.4, -0.2) is 17.2 Å². The van der Waals surface area contributed by atoms with Crippen LogP contribution in [0, 0.1) is 0 Å². The number of rotatable bonds is 3. The van der Waals surface area contributed by atoms with Crippen molar-refractivity contribution in [1.82, 2.24) is 10.5 Å². The summed E-state index contributed by atoms with van der Waals surface area (Å²) in [7, 11) is 0. The molecule has 0 fully saturated rings. The number of carbonyl (C=O) groups excluding carboxylic acids is 1. The highest BCUT2D eigenvalue weighted by atomic mass is 16.5. The van der Waals surface area contributed by atoms with Crippen LogP contribution in [0.2, 0.25) is 0 Å². The fourth-order valence-electron chi connectivity index (χ4n) is 1.49. The Balaban J connectivity index is 2.05. The van der Waals surface area contributed by atoms with Crippen LogP contribution in [0.25, 0.3) is 11.3 Å². The molecule has 0 aliphatic heterocycles. The smallest absolute Gasteiger partial charge is 0.320 e. The zero-order chi connectivity index (χ0) is 13.0. The third-order valence-corrected chi connectivity index (χ3v) is 2.23. The van der Waals surface area contributed by atoms with Gasteiger partial charge in [0.2, 0.25) is 0 Å². The van der Waals surface area contributed by atoms with Crippen LogP contribution >= 0.6 is 0 Å². The Morgan fingerprint density at radius 3 is 2.67 bits per heavy atom. The van der Waals surface area contributed by atoms with Crippen molar-refractivity contribution in [2.45, 2.75) is 19.9 Å². The molecule has 1 aromatic carbocycles. The standard InChI is InChI=1S/C13H15N3O2/c1-9(2)14-13(17)15-12-8-11(18-16-12)10-6-4-3-5-7-10/h3-9H,1-2H3,(H2,14,15,16,17). The van der Waals surface area contributed by atoms with Crippen LogP contribution in [0.5, 0.6) is 0 Å². The van der Waals surface area contributed by atoms with Gasteiger partial charge >= 0.3 is 6.03 Å². The number of hydrogen-bond acceptors (Lipinski definition) is 3. The van der Waals surface area contributed by atoms with Crippen molar-refractivity contribution in [3.05, 3.63) is 36.4 Å². The number of hydrogen-bond donors (Lipinski definition) is 2. The van der Waals surface area contributed by atoms with Gasteiger partial charge < -0.3 is 9.84 Å². The minimum atomic E-state index is -0.294. The van der Waals surface area contributed by atoms with Crippen LogP contribution in [0.1, 0.15) is 13.8 Å². The predicted octanol–water partition coefficient (Wildman–Crippen LogP) is 2.87. The molecule has 94 valence electrons. The highest BCUT2D eigenvalue weighted by molar-refractivity contribution is 5.88. The first kappa shape index (κ1) is 12.2. The molecule has 0 spiro atoms. The first-order valence-electron chi connectivity index (χ1n) is 5.75. The van der Waals surface area contributed by atoms with Crippen LogP contribution < -0.4 is 10.6 Å². The van der Waals surface area contributed by atoms with E-state index in [0.717, 1.165) is 5.56 Å². The summed E-state index contributed by atoms with van der Waals surface area (Å²) in [4.78, 5) is 11.5. The predicted molar refractivity (Wildman–Crippen MR) is 69.2 cm³/mol. The number of amides is 2. The molecular formula is C13H15N3O2. The van der Waals surface area contributed by atoms with Gasteiger partial charge in [0.05, 0.1) is 0 Å². The van der Waals surface area contributed by atoms with Gasteiger partial charge in [0.15, 0.2) is 11.6 Å². The lowest BCUT2D eigenvalue weighted by Crippen LogP contribution is -2.34. The van der Waals surface area contributed by atoms with Crippen molar-refractivity contribution in [2.24, 2.45) is 0 Å². The Morgan fingerprint density at radius 2 is 2.00 bits per heavy atom. The lowest BCUT2D eigenvalue weighted by atomic mass is 10.2. The van der Waals surface area contributed by atoms with Crippen LogP contribution in [0.15, 0.2) is 40.9 Å². The lowest BCUT2D eigenvalue weighted by molar-refractivity contribution is 0.249. The van der Waals surface area contributed by atoms with Gasteiger partial charge in [0.25, 0.3) is 0 Å². The van der Waals surface area contributed by atoms with E-state index in [1.165, 1.54) is 0 Å². The zero-order valence-electron chi connectivity index (χ0n) is 10.3. The number of benzene rings is 1. The molecule has 2 amide bonds. The van der Waals surface area contributed by atoms with Crippen molar-refractivity contribution in [3.8, 4) is 11.3 Å². The minimum Gasteiger partial charge on any atom is -0.354 e. The largest absolute Gasteiger partial charge is 0.354 e. The molecule has 0 saturated heterocycles. The third kappa shape index (κ3) is 3.10. The van der Waals surface area contributed by atoms with Gasteiger partial charge in [-0.3, -0.25) is 5.32 Å². The van der Waals surface area contributed by atoms with Crippen LogP contribution in [0.4, 0.5) is 10.6 Å². The number of nitrogens with zero attached hydrogens (tertiary/aromatic N) is 1. The van der Waals surface area contributed by atoms with E-state index in [9.17, 15) is 4.79 Å². The summed E-state index contributed by atoms with van der Waals surface area (Å²) < 4.78 is 5.16. The first-order chi connectivity index (χ1) is 8.65. The van der Waals surface area contributed by atoms with Crippen molar-refractivity contribution < 1.29 is 9.32 Å². The second-order valence-electron chi connectivity index (χ2n) is 4.20. The fraction of sp³-hybridized carbons (Fsp3) is 0.231. The molecule has 1 heterocycles. The lowest BCUT2D eigenvalue weighted by Gasteiger charge is -2.07. The van der Waals surface area contributed by atoms with Crippen LogP contribution in [-0.2, 0) is 0 Å². The molecule has 2 rings (SSSR count). The third-order valence-electron chi connectivity index (χ3n) is 2.23. The van der Waals surface area contributed by atoms with Gasteiger partial charge in [-0.25, -0.2) is 4.79 Å². The van der Waals surface area contributed by atoms with E-state index in [-0.39, 0.29) is 12.1 Å². The SMILES string of the molecule is CC(C)NC(=O)Nc1cc(-c2ccccc2)on1. The van der Waals surface area contributed by atoms with E-state index in [1.807, 2.05) is 44.2 Å². The van der Waals surface area contributed by atoms with Gasteiger partial charge in [-0.2, -0.15) is 0 Å². The maximum absolute atomic E-state index is 11.5. The summed E-state index contributed by atoms with van der Waals surface area (Å²) in [6.45, 7) is 3.77. The van der Waals surface area contributed by atoms with Gasteiger partial charge in [0.1, 0.15) is 0 Å². The van der Waals surface area contributed by atoms with E-state index < -0.39 is 0 Å². The van der Waals surface area contributed by atoms with E-state index in [2.05, 4.69) is 15.8 Å². The van der Waals surface area contributed by atoms with E-state index in [1.54, 1.807) is 6.07 Å². The summed E-state index contributed by atoms with van der Waals surface area (Å²) in [5, 5.41) is 9.11. The summed E-state index contributed by atoms with van der Waals surface area (Å²) in [5.41, 5.74) is 0.919. The summed E-state index contributed by atoms with van der Waals surface area (Å²) in [6, 6.07) is 11.1. The maximum atomic E-state index is 11.5. The molecule has 0 unspecified atom stereocenters. The van der Waals surface area contributed by atoms with Gasteiger partial charge in [0, 0.05) is 17.7 Å². The average molecular weight is 245 g/mol. The van der Waals surface area contributed by atoms with E-state index in [0.29, 0.717) is 11.6 Å². The molecule has 5 nitrogen and oxygen atoms in total. The summed E-state index contributed by atoms with van der Waals surface area (Å²) in [6.07, 6.45) is 0. The molecule has 18 heavy (non-hydrogen) atoms. The Bertz CT molecular complexity index is 520. The molecule has 0 saturated carbocycles. The zero-order valence-corrected chi connectivity index (χ0v) is 10.3. The van der Waals surface area contributed by atoms with Crippen molar-refractivity contribution in [3.63, 3.8) is 0 Å². The molecule has 0 aliphatic rings. The number of anilines is 1. The number of aromatic nitrogens is 1. The fourth-order valence-corrected chi connectivity index (χ4v) is 1.49. The molecular weight excluding hydrogens is 230 g/mol. The number of urea groups is 1. The second-order valence-corrected chi connectivity index (χ2v) is 4.20. The Labute approximate surface area is 105 Å². The quantitative estimate of drug-likeness (QED) is 0.873. The minimum absolute atomic E-state index is 0.0745. The molecule has 0 atom stereocenters. The Hall–Kier alpha value is -2.30. The number of nitrogens with one attached hydrogen (secondary N) is 2. The van der Waals surface area contributed by atoms with Crippen molar-refractivity contribution >= 4 is 11.8 Å². The highest BCUT2D eigenvalue weighted by Crippen LogP contribution is 2.21. The maximum Gasteiger partial charge on any atom is 0.320 e. The summed E-state index contributed by atoms with van der Waals surface area (Å²) >= 11 is 0. The highest BCUT2D eigenvalue weighted by Gasteiger charge is 2.09. The molecule has 5 heteroatoms. The molecule has 0 aliphatic carbocycles. The Morgan fingerprint density at radius 1 is 1.28 bits per heavy atom. The van der Waals surface area contributed by atoms with Crippen LogP contribution in [0.3, 0.4) is 0 Å². The van der Waals surface area contributed by atoms with E-state index in [4.69, 9.17) is 4.52 Å². The Kier molecular flexibility index (Phi) is 3.62. The number of carbonyl (C=O) groups is 1. The normalized spacial score (nSPS) is 10.4. The van der Waals surface area contributed by atoms with E-state index >= 15 is 0 Å². The molecule has 0 bridgehead atoms. The monoisotopic (exact) mass is 245 g/mol. The van der Waals surface area contributed by atoms with Gasteiger partial charge in [-0.05, 0) is 13.8 Å². The molecule has 2 N–H and O–H groups in total. The molecule has 1 aromatic heterocycles. The second kappa shape index (κ2) is 5.35. The van der Waals surface area contributed by atoms with Gasteiger partial charge in [-0.15, -0.1) is 0 Å². The van der Waals surface area contributed by atoms with Crippen molar-refractivity contribution in [2.75, 3.05) is 5.32 Å². The van der Waals surface area contributed by atoms with Crippen molar-refractivity contribution in [1.29, 1.82) is 0 Å². The average Bonchev–Trinajstić information content (AvgIpc) is 2.77. The summed E-state index contributed by atoms with van der Waals surface area (Å²) in [5.74, 6) is 1.02. The molecule has 0 radical (unpaired) electrons.